The molecule has 7 heteroatoms. The molecule has 4 aromatic carbocycles. The Morgan fingerprint density at radius 2 is 1.16 bits per heavy atom. The maximum Gasteiger partial charge on any atom is 0.339 e. The largest absolute Gasteiger partial charge is 0.508 e. The topological polar surface area (TPSA) is 83.8 Å². The van der Waals surface area contributed by atoms with E-state index in [9.17, 15) is 18.6 Å². The summed E-state index contributed by atoms with van der Waals surface area (Å²) in [6.45, 7) is 0. The number of rotatable bonds is 5. The Morgan fingerprint density at radius 1 is 0.645 bits per heavy atom. The van der Waals surface area contributed by atoms with Crippen LogP contribution in [0, 0.1) is 0 Å². The summed E-state index contributed by atoms with van der Waals surface area (Å²) in [5.74, 6) is 0.450. The van der Waals surface area contributed by atoms with Crippen molar-refractivity contribution in [3.05, 3.63) is 95.5 Å². The van der Waals surface area contributed by atoms with Gasteiger partial charge in [-0.05, 0) is 82.9 Å². The molecule has 31 heavy (non-hydrogen) atoms. The number of benzene rings is 4. The number of aromatic hydroxyl groups is 2. The summed E-state index contributed by atoms with van der Waals surface area (Å²) in [5.41, 5.74) is 2.94. The predicted octanol–water partition coefficient (Wildman–Crippen LogP) is 5.96. The Kier molecular flexibility index (Phi) is 5.71. The third-order valence-electron chi connectivity index (χ3n) is 4.66. The van der Waals surface area contributed by atoms with Gasteiger partial charge in [0.25, 0.3) is 0 Å². The highest BCUT2D eigenvalue weighted by molar-refractivity contribution is 9.10. The van der Waals surface area contributed by atoms with Crippen LogP contribution in [0.3, 0.4) is 0 Å². The van der Waals surface area contributed by atoms with Crippen molar-refractivity contribution >= 4 is 26.0 Å². The number of hydrogen-bond donors (Lipinski definition) is 2. The molecule has 0 saturated heterocycles. The van der Waals surface area contributed by atoms with Crippen molar-refractivity contribution in [3.63, 3.8) is 0 Å². The van der Waals surface area contributed by atoms with Gasteiger partial charge >= 0.3 is 10.1 Å². The van der Waals surface area contributed by atoms with Gasteiger partial charge in [-0.2, -0.15) is 8.42 Å². The zero-order valence-electron chi connectivity index (χ0n) is 16.1. The van der Waals surface area contributed by atoms with Gasteiger partial charge in [0.15, 0.2) is 0 Å². The molecule has 0 radical (unpaired) electrons. The fourth-order valence-electron chi connectivity index (χ4n) is 3.12. The minimum Gasteiger partial charge on any atom is -0.508 e. The first-order valence-electron chi connectivity index (χ1n) is 9.25. The van der Waals surface area contributed by atoms with Crippen LogP contribution in [0.15, 0.2) is 100 Å². The fraction of sp³-hybridized carbons (Fsp3) is 0. The summed E-state index contributed by atoms with van der Waals surface area (Å²) < 4.78 is 31.9. The lowest BCUT2D eigenvalue weighted by atomic mass is 9.94. The molecule has 156 valence electrons. The molecule has 0 saturated carbocycles. The molecule has 0 aliphatic heterocycles. The van der Waals surface area contributed by atoms with E-state index < -0.39 is 10.1 Å². The van der Waals surface area contributed by atoms with Crippen molar-refractivity contribution in [1.82, 2.24) is 0 Å². The van der Waals surface area contributed by atoms with Gasteiger partial charge in [-0.3, -0.25) is 0 Å². The molecule has 0 bridgehead atoms. The summed E-state index contributed by atoms with van der Waals surface area (Å²) >= 11 is 3.31. The minimum absolute atomic E-state index is 0.000946. The molecule has 0 aliphatic rings. The Morgan fingerprint density at radius 3 is 1.71 bits per heavy atom. The Labute approximate surface area is 188 Å². The molecule has 2 N–H and O–H groups in total. The van der Waals surface area contributed by atoms with Crippen LogP contribution in [-0.2, 0) is 10.1 Å². The molecule has 0 aromatic heterocycles. The maximum atomic E-state index is 12.9. The first-order chi connectivity index (χ1) is 14.8. The van der Waals surface area contributed by atoms with E-state index in [0.29, 0.717) is 5.56 Å². The van der Waals surface area contributed by atoms with Crippen LogP contribution in [0.4, 0.5) is 0 Å². The number of phenols is 2. The standard InChI is InChI=1S/C24H17BrO5S/c25-18-5-11-21(12-6-18)30-31(28,29)22-13-14-23(16-1-7-19(26)8-2-16)24(15-22)17-3-9-20(27)10-4-17/h1-15,26-27H. The molecule has 0 atom stereocenters. The highest BCUT2D eigenvalue weighted by Crippen LogP contribution is 2.36. The Hall–Kier alpha value is -3.29. The second kappa shape index (κ2) is 8.45. The van der Waals surface area contributed by atoms with Gasteiger partial charge in [-0.1, -0.05) is 46.3 Å². The normalized spacial score (nSPS) is 11.3. The van der Waals surface area contributed by atoms with Crippen LogP contribution in [0.25, 0.3) is 22.3 Å². The van der Waals surface area contributed by atoms with Gasteiger partial charge in [0.05, 0.1) is 0 Å². The van der Waals surface area contributed by atoms with Gasteiger partial charge in [0, 0.05) is 4.47 Å². The first-order valence-corrected chi connectivity index (χ1v) is 11.4. The van der Waals surface area contributed by atoms with Crippen molar-refractivity contribution in [2.75, 3.05) is 0 Å². The zero-order valence-corrected chi connectivity index (χ0v) is 18.5. The second-order valence-electron chi connectivity index (χ2n) is 6.79. The van der Waals surface area contributed by atoms with E-state index in [2.05, 4.69) is 15.9 Å². The molecule has 0 heterocycles. The van der Waals surface area contributed by atoms with Gasteiger partial charge in [-0.15, -0.1) is 0 Å². The summed E-state index contributed by atoms with van der Waals surface area (Å²) in [6, 6.07) is 24.4. The average Bonchev–Trinajstić information content (AvgIpc) is 2.76. The molecule has 5 nitrogen and oxygen atoms in total. The monoisotopic (exact) mass is 496 g/mol. The molecule has 0 fully saturated rings. The van der Waals surface area contributed by atoms with Crippen LogP contribution in [0.2, 0.25) is 0 Å². The molecule has 0 unspecified atom stereocenters. The molecular weight excluding hydrogens is 480 g/mol. The van der Waals surface area contributed by atoms with Crippen molar-refractivity contribution in [1.29, 1.82) is 0 Å². The third-order valence-corrected chi connectivity index (χ3v) is 6.43. The van der Waals surface area contributed by atoms with Crippen molar-refractivity contribution in [3.8, 4) is 39.5 Å². The van der Waals surface area contributed by atoms with Crippen molar-refractivity contribution < 1.29 is 22.8 Å². The second-order valence-corrected chi connectivity index (χ2v) is 9.25. The lowest BCUT2D eigenvalue weighted by molar-refractivity contribution is 0.475. The summed E-state index contributed by atoms with van der Waals surface area (Å²) in [5, 5.41) is 19.2. The molecule has 0 aliphatic carbocycles. The SMILES string of the molecule is O=S(=O)(Oc1ccc(Br)cc1)c1ccc(-c2ccc(O)cc2)c(-c2ccc(O)cc2)c1. The number of halogens is 1. The summed E-state index contributed by atoms with van der Waals surface area (Å²) in [4.78, 5) is 0.000946. The van der Waals surface area contributed by atoms with E-state index in [1.807, 2.05) is 0 Å². The van der Waals surface area contributed by atoms with Crippen LogP contribution in [0.5, 0.6) is 17.2 Å². The zero-order chi connectivity index (χ0) is 22.0. The van der Waals surface area contributed by atoms with Gasteiger partial charge in [0.1, 0.15) is 22.1 Å². The smallest absolute Gasteiger partial charge is 0.339 e. The summed E-state index contributed by atoms with van der Waals surface area (Å²) in [6.07, 6.45) is 0. The van der Waals surface area contributed by atoms with E-state index in [1.54, 1.807) is 72.8 Å². The first kappa shape index (κ1) is 21.0. The lowest BCUT2D eigenvalue weighted by Gasteiger charge is -2.14. The van der Waals surface area contributed by atoms with Crippen LogP contribution in [-0.4, -0.2) is 18.6 Å². The van der Waals surface area contributed by atoms with Crippen molar-refractivity contribution in [2.24, 2.45) is 0 Å². The van der Waals surface area contributed by atoms with Crippen LogP contribution in [0.1, 0.15) is 0 Å². The van der Waals surface area contributed by atoms with Gasteiger partial charge in [0.2, 0.25) is 0 Å². The van der Waals surface area contributed by atoms with Crippen molar-refractivity contribution in [2.45, 2.75) is 4.90 Å². The highest BCUT2D eigenvalue weighted by atomic mass is 79.9. The number of hydrogen-bond acceptors (Lipinski definition) is 5. The van der Waals surface area contributed by atoms with Gasteiger partial charge < -0.3 is 14.4 Å². The number of phenolic OH excluding ortho intramolecular Hbond substituents is 2. The van der Waals surface area contributed by atoms with E-state index >= 15 is 0 Å². The quantitative estimate of drug-likeness (QED) is 0.333. The fourth-order valence-corrected chi connectivity index (χ4v) is 4.34. The lowest BCUT2D eigenvalue weighted by Crippen LogP contribution is -2.10. The molecule has 4 rings (SSSR count). The minimum atomic E-state index is -4.08. The van der Waals surface area contributed by atoms with E-state index in [-0.39, 0.29) is 22.1 Å². The summed E-state index contributed by atoms with van der Waals surface area (Å²) in [7, 11) is -4.08. The maximum absolute atomic E-state index is 12.9. The molecular formula is C24H17BrO5S. The van der Waals surface area contributed by atoms with E-state index in [4.69, 9.17) is 4.18 Å². The molecule has 0 amide bonds. The van der Waals surface area contributed by atoms with E-state index in [0.717, 1.165) is 21.2 Å². The third kappa shape index (κ3) is 4.73. The van der Waals surface area contributed by atoms with Crippen LogP contribution < -0.4 is 4.18 Å². The molecule has 4 aromatic rings. The van der Waals surface area contributed by atoms with Crippen LogP contribution >= 0.6 is 15.9 Å². The van der Waals surface area contributed by atoms with Gasteiger partial charge in [-0.25, -0.2) is 0 Å². The van der Waals surface area contributed by atoms with E-state index in [1.165, 1.54) is 18.2 Å². The predicted molar refractivity (Wildman–Crippen MR) is 123 cm³/mol. The Bertz CT molecular complexity index is 1310. The average molecular weight is 497 g/mol. The Balaban J connectivity index is 1.81. The molecule has 0 spiro atoms. The highest BCUT2D eigenvalue weighted by Gasteiger charge is 2.20.